The van der Waals surface area contributed by atoms with Crippen LogP contribution in [0.25, 0.3) is 5.78 Å². The molecule has 0 aliphatic heterocycles. The number of rotatable bonds is 5. The van der Waals surface area contributed by atoms with Crippen molar-refractivity contribution in [3.63, 3.8) is 0 Å². The highest BCUT2D eigenvalue weighted by molar-refractivity contribution is 7.17. The van der Waals surface area contributed by atoms with Crippen molar-refractivity contribution in [3.05, 3.63) is 39.8 Å². The number of anilines is 1. The third-order valence-electron chi connectivity index (χ3n) is 4.51. The standard InChI is InChI=1S/C18H17N5O5S/c1-9-6-7-19-18-21-14(22-23(9)18)17(26)28-8-12(24)20-15-13(16(25)27-2)10-4-3-5-11(10)29-15/h6-7H,3-5,8H2,1-2H3,(H,20,24). The number of amides is 1. The number of carbonyl (C=O) groups excluding carboxylic acids is 3. The van der Waals surface area contributed by atoms with Crippen LogP contribution in [0.15, 0.2) is 12.3 Å². The van der Waals surface area contributed by atoms with E-state index in [2.05, 4.69) is 20.4 Å². The number of hydrogen-bond acceptors (Lipinski definition) is 9. The lowest BCUT2D eigenvalue weighted by Gasteiger charge is -2.07. The van der Waals surface area contributed by atoms with E-state index in [-0.39, 0.29) is 11.6 Å². The maximum absolute atomic E-state index is 12.3. The molecule has 3 aromatic heterocycles. The summed E-state index contributed by atoms with van der Waals surface area (Å²) in [5, 5.41) is 7.09. The van der Waals surface area contributed by atoms with Crippen LogP contribution in [0, 0.1) is 6.92 Å². The molecule has 0 spiro atoms. The normalized spacial score (nSPS) is 12.6. The first kappa shape index (κ1) is 19.0. The maximum atomic E-state index is 12.3. The zero-order chi connectivity index (χ0) is 20.5. The molecule has 0 unspecified atom stereocenters. The van der Waals surface area contributed by atoms with Crippen LogP contribution in [0.2, 0.25) is 0 Å². The van der Waals surface area contributed by atoms with Crippen molar-refractivity contribution in [3.8, 4) is 0 Å². The van der Waals surface area contributed by atoms with Crippen molar-refractivity contribution >= 4 is 40.0 Å². The predicted octanol–water partition coefficient (Wildman–Crippen LogP) is 1.57. The van der Waals surface area contributed by atoms with Crippen molar-refractivity contribution in [1.29, 1.82) is 0 Å². The number of hydrogen-bond donors (Lipinski definition) is 1. The number of nitrogens with one attached hydrogen (secondary N) is 1. The minimum atomic E-state index is -0.841. The molecular weight excluding hydrogens is 398 g/mol. The Hall–Kier alpha value is -3.34. The van der Waals surface area contributed by atoms with Gasteiger partial charge in [0.15, 0.2) is 6.61 Å². The number of thiophene rings is 1. The summed E-state index contributed by atoms with van der Waals surface area (Å²) in [6.45, 7) is 1.26. The molecule has 0 fully saturated rings. The molecule has 0 saturated heterocycles. The summed E-state index contributed by atoms with van der Waals surface area (Å²) in [4.78, 5) is 45.6. The Balaban J connectivity index is 1.43. The summed E-state index contributed by atoms with van der Waals surface area (Å²) < 4.78 is 11.3. The third-order valence-corrected chi connectivity index (χ3v) is 5.72. The second-order valence-corrected chi connectivity index (χ2v) is 7.52. The van der Waals surface area contributed by atoms with Gasteiger partial charge in [-0.3, -0.25) is 4.79 Å². The second kappa shape index (κ2) is 7.59. The molecule has 0 saturated carbocycles. The number of nitrogens with zero attached hydrogens (tertiary/aromatic N) is 4. The largest absolute Gasteiger partial charge is 0.465 e. The molecular formula is C18H17N5O5S. The first-order chi connectivity index (χ1) is 14.0. The third kappa shape index (κ3) is 3.56. The summed E-state index contributed by atoms with van der Waals surface area (Å²) in [5.41, 5.74) is 2.06. The first-order valence-electron chi connectivity index (χ1n) is 8.86. The Morgan fingerprint density at radius 2 is 2.10 bits per heavy atom. The minimum absolute atomic E-state index is 0.190. The number of esters is 2. The zero-order valence-electron chi connectivity index (χ0n) is 15.7. The monoisotopic (exact) mass is 415 g/mol. The Morgan fingerprint density at radius 1 is 1.28 bits per heavy atom. The molecule has 1 aliphatic rings. The van der Waals surface area contributed by atoms with Crippen LogP contribution in [0.1, 0.15) is 43.5 Å². The summed E-state index contributed by atoms with van der Waals surface area (Å²) >= 11 is 1.35. The fraction of sp³-hybridized carbons (Fsp3) is 0.333. The van der Waals surface area contributed by atoms with E-state index >= 15 is 0 Å². The lowest BCUT2D eigenvalue weighted by atomic mass is 10.1. The Bertz CT molecular complexity index is 1140. The van der Waals surface area contributed by atoms with Gasteiger partial charge in [-0.2, -0.15) is 4.98 Å². The molecule has 11 heteroatoms. The van der Waals surface area contributed by atoms with Gasteiger partial charge in [0.25, 0.3) is 17.5 Å². The lowest BCUT2D eigenvalue weighted by Crippen LogP contribution is -2.22. The highest BCUT2D eigenvalue weighted by Gasteiger charge is 2.28. The van der Waals surface area contributed by atoms with Gasteiger partial charge in [-0.1, -0.05) is 0 Å². The van der Waals surface area contributed by atoms with E-state index in [9.17, 15) is 14.4 Å². The number of aryl methyl sites for hydroxylation is 2. The van der Waals surface area contributed by atoms with Crippen molar-refractivity contribution in [1.82, 2.24) is 19.6 Å². The molecule has 4 rings (SSSR count). The molecule has 29 heavy (non-hydrogen) atoms. The van der Waals surface area contributed by atoms with Crippen molar-refractivity contribution in [2.24, 2.45) is 0 Å². The van der Waals surface area contributed by atoms with E-state index in [4.69, 9.17) is 9.47 Å². The van der Waals surface area contributed by atoms with Crippen molar-refractivity contribution < 1.29 is 23.9 Å². The van der Waals surface area contributed by atoms with Gasteiger partial charge in [0, 0.05) is 16.8 Å². The van der Waals surface area contributed by atoms with Gasteiger partial charge >= 0.3 is 11.9 Å². The maximum Gasteiger partial charge on any atom is 0.378 e. The number of ether oxygens (including phenoxy) is 2. The van der Waals surface area contributed by atoms with Crippen LogP contribution in [-0.2, 0) is 27.1 Å². The van der Waals surface area contributed by atoms with E-state index < -0.39 is 24.5 Å². The van der Waals surface area contributed by atoms with E-state index in [0.717, 1.165) is 35.4 Å². The van der Waals surface area contributed by atoms with Crippen molar-refractivity contribution in [2.45, 2.75) is 26.2 Å². The Kier molecular flexibility index (Phi) is 4.97. The van der Waals surface area contributed by atoms with Gasteiger partial charge in [-0.15, -0.1) is 16.4 Å². The highest BCUT2D eigenvalue weighted by Crippen LogP contribution is 2.39. The number of carbonyl (C=O) groups is 3. The molecule has 1 N–H and O–H groups in total. The molecule has 150 valence electrons. The number of fused-ring (bicyclic) bond motifs is 2. The zero-order valence-corrected chi connectivity index (χ0v) is 16.5. The molecule has 3 aromatic rings. The lowest BCUT2D eigenvalue weighted by molar-refractivity contribution is -0.119. The number of methoxy groups -OCH3 is 1. The predicted molar refractivity (Wildman–Crippen MR) is 102 cm³/mol. The molecule has 3 heterocycles. The Morgan fingerprint density at radius 3 is 2.86 bits per heavy atom. The van der Waals surface area contributed by atoms with Crippen LogP contribution in [0.3, 0.4) is 0 Å². The molecule has 0 radical (unpaired) electrons. The summed E-state index contributed by atoms with van der Waals surface area (Å²) in [5.74, 6) is -1.83. The van der Waals surface area contributed by atoms with Crippen molar-refractivity contribution in [2.75, 3.05) is 19.0 Å². The molecule has 1 amide bonds. The fourth-order valence-corrected chi connectivity index (χ4v) is 4.46. The van der Waals surface area contributed by atoms with Crippen LogP contribution in [0.4, 0.5) is 5.00 Å². The SMILES string of the molecule is COC(=O)c1c(NC(=O)COC(=O)c2nc3nccc(C)n3n2)sc2c1CCC2. The van der Waals surface area contributed by atoms with Gasteiger partial charge < -0.3 is 14.8 Å². The van der Waals surface area contributed by atoms with Gasteiger partial charge in [-0.25, -0.2) is 19.1 Å². The molecule has 0 aromatic carbocycles. The van der Waals surface area contributed by atoms with Crippen LogP contribution >= 0.6 is 11.3 Å². The molecule has 10 nitrogen and oxygen atoms in total. The van der Waals surface area contributed by atoms with Gasteiger partial charge in [-0.05, 0) is 37.8 Å². The van der Waals surface area contributed by atoms with Gasteiger partial charge in [0.1, 0.15) is 5.00 Å². The molecule has 1 aliphatic carbocycles. The molecule has 0 atom stereocenters. The van der Waals surface area contributed by atoms with E-state index in [0.29, 0.717) is 10.6 Å². The average molecular weight is 415 g/mol. The van der Waals surface area contributed by atoms with E-state index in [1.54, 1.807) is 19.2 Å². The average Bonchev–Trinajstić information content (AvgIpc) is 3.40. The Labute approximate surface area is 168 Å². The molecule has 0 bridgehead atoms. The van der Waals surface area contributed by atoms with Gasteiger partial charge in [0.2, 0.25) is 0 Å². The van der Waals surface area contributed by atoms with Crippen LogP contribution < -0.4 is 5.32 Å². The van der Waals surface area contributed by atoms with E-state index in [1.807, 2.05) is 0 Å². The van der Waals surface area contributed by atoms with Crippen LogP contribution in [0.5, 0.6) is 0 Å². The highest BCUT2D eigenvalue weighted by atomic mass is 32.1. The summed E-state index contributed by atoms with van der Waals surface area (Å²) in [6, 6.07) is 1.72. The van der Waals surface area contributed by atoms with Crippen LogP contribution in [-0.4, -0.2) is 51.1 Å². The van der Waals surface area contributed by atoms with E-state index in [1.165, 1.54) is 23.0 Å². The minimum Gasteiger partial charge on any atom is -0.465 e. The quantitative estimate of drug-likeness (QED) is 0.623. The smallest absolute Gasteiger partial charge is 0.378 e. The summed E-state index contributed by atoms with van der Waals surface area (Å²) in [6.07, 6.45) is 4.16. The fourth-order valence-electron chi connectivity index (χ4n) is 3.16. The first-order valence-corrected chi connectivity index (χ1v) is 9.67. The van der Waals surface area contributed by atoms with Gasteiger partial charge in [0.05, 0.1) is 12.7 Å². The second-order valence-electron chi connectivity index (χ2n) is 6.41. The number of aromatic nitrogens is 4. The topological polar surface area (TPSA) is 125 Å². The summed E-state index contributed by atoms with van der Waals surface area (Å²) in [7, 11) is 1.30.